The molecule has 4 rings (SSSR count). The van der Waals surface area contributed by atoms with Crippen LogP contribution in [0.25, 0.3) is 0 Å². The van der Waals surface area contributed by atoms with Gasteiger partial charge in [0.25, 0.3) is 0 Å². The van der Waals surface area contributed by atoms with Gasteiger partial charge in [-0.1, -0.05) is 32.9 Å². The lowest BCUT2D eigenvalue weighted by Gasteiger charge is -2.35. The third-order valence-electron chi connectivity index (χ3n) is 6.88. The second-order valence-corrected chi connectivity index (χ2v) is 11.7. The summed E-state index contributed by atoms with van der Waals surface area (Å²) in [4.78, 5) is 11.8. The molecule has 2 aliphatic rings. The van der Waals surface area contributed by atoms with Crippen LogP contribution in [0, 0.1) is 23.0 Å². The summed E-state index contributed by atoms with van der Waals surface area (Å²) in [6.45, 7) is 8.22. The Morgan fingerprint density at radius 1 is 1.11 bits per heavy atom. The van der Waals surface area contributed by atoms with Gasteiger partial charge in [0.05, 0.1) is 12.1 Å². The SMILES string of the molecule is CC(=O)N[C@@H](Cc1cc(F)cc(F)c1)[C@H](O)CN[C@H]1C[C@H](C2CC2)Oc2ccc(CC(C)(C)C)cc21. The van der Waals surface area contributed by atoms with Gasteiger partial charge in [0.2, 0.25) is 5.91 Å². The van der Waals surface area contributed by atoms with Crippen LogP contribution >= 0.6 is 0 Å². The molecule has 5 nitrogen and oxygen atoms in total. The van der Waals surface area contributed by atoms with Crippen LogP contribution in [0.2, 0.25) is 0 Å². The summed E-state index contributed by atoms with van der Waals surface area (Å²) in [6.07, 6.45) is 3.39. The summed E-state index contributed by atoms with van der Waals surface area (Å²) in [5.74, 6) is -0.230. The predicted molar refractivity (Wildman–Crippen MR) is 136 cm³/mol. The lowest BCUT2D eigenvalue weighted by Crippen LogP contribution is -2.49. The van der Waals surface area contributed by atoms with Crippen molar-refractivity contribution in [3.8, 4) is 5.75 Å². The van der Waals surface area contributed by atoms with E-state index in [0.29, 0.717) is 11.5 Å². The number of ether oxygens (including phenoxy) is 1. The molecule has 1 saturated carbocycles. The molecule has 0 saturated heterocycles. The molecule has 1 heterocycles. The molecule has 1 aliphatic heterocycles. The number of halogens is 2. The maximum Gasteiger partial charge on any atom is 0.217 e. The molecule has 1 aliphatic carbocycles. The van der Waals surface area contributed by atoms with E-state index in [0.717, 1.165) is 30.2 Å². The van der Waals surface area contributed by atoms with Crippen molar-refractivity contribution in [2.45, 2.75) is 84.1 Å². The summed E-state index contributed by atoms with van der Waals surface area (Å²) in [5, 5.41) is 17.3. The molecular formula is C29H38F2N2O3. The maximum atomic E-state index is 13.7. The first-order chi connectivity index (χ1) is 17.0. The van der Waals surface area contributed by atoms with Crippen molar-refractivity contribution in [3.05, 3.63) is 64.7 Å². The topological polar surface area (TPSA) is 70.6 Å². The van der Waals surface area contributed by atoms with Gasteiger partial charge >= 0.3 is 0 Å². The number of benzene rings is 2. The summed E-state index contributed by atoms with van der Waals surface area (Å²) in [5.41, 5.74) is 2.86. The van der Waals surface area contributed by atoms with Crippen LogP contribution in [0.5, 0.6) is 5.75 Å². The molecule has 2 aromatic rings. The third kappa shape index (κ3) is 7.26. The van der Waals surface area contributed by atoms with Gasteiger partial charge < -0.3 is 20.5 Å². The van der Waals surface area contributed by atoms with Crippen molar-refractivity contribution in [2.24, 2.45) is 11.3 Å². The number of nitrogens with one attached hydrogen (secondary N) is 2. The van der Waals surface area contributed by atoms with Gasteiger partial charge in [-0.3, -0.25) is 4.79 Å². The Kier molecular flexibility index (Phi) is 8.00. The summed E-state index contributed by atoms with van der Waals surface area (Å²) >= 11 is 0. The highest BCUT2D eigenvalue weighted by atomic mass is 19.1. The molecule has 0 bridgehead atoms. The minimum Gasteiger partial charge on any atom is -0.490 e. The van der Waals surface area contributed by atoms with Crippen LogP contribution in [0.1, 0.15) is 69.7 Å². The van der Waals surface area contributed by atoms with Gasteiger partial charge in [-0.2, -0.15) is 0 Å². The molecular weight excluding hydrogens is 462 g/mol. The minimum absolute atomic E-state index is 0.00138. The van der Waals surface area contributed by atoms with Crippen LogP contribution in [-0.2, 0) is 17.6 Å². The smallest absolute Gasteiger partial charge is 0.217 e. The second kappa shape index (κ2) is 10.9. The largest absolute Gasteiger partial charge is 0.490 e. The Labute approximate surface area is 212 Å². The number of aliphatic hydroxyl groups excluding tert-OH is 1. The van der Waals surface area contributed by atoms with Crippen LogP contribution in [0.4, 0.5) is 8.78 Å². The number of aliphatic hydroxyl groups is 1. The average molecular weight is 501 g/mol. The van der Waals surface area contributed by atoms with Crippen LogP contribution in [-0.4, -0.2) is 35.8 Å². The van der Waals surface area contributed by atoms with E-state index in [-0.39, 0.29) is 36.4 Å². The molecule has 196 valence electrons. The molecule has 1 fully saturated rings. The van der Waals surface area contributed by atoms with Crippen LogP contribution in [0.3, 0.4) is 0 Å². The van der Waals surface area contributed by atoms with E-state index >= 15 is 0 Å². The third-order valence-corrected chi connectivity index (χ3v) is 6.88. The zero-order valence-corrected chi connectivity index (χ0v) is 21.6. The fraction of sp³-hybridized carbons (Fsp3) is 0.552. The molecule has 0 unspecified atom stereocenters. The number of fused-ring (bicyclic) bond motifs is 1. The second-order valence-electron chi connectivity index (χ2n) is 11.7. The zero-order valence-electron chi connectivity index (χ0n) is 21.6. The molecule has 2 aromatic carbocycles. The van der Waals surface area contributed by atoms with E-state index in [1.165, 1.54) is 37.5 Å². The Morgan fingerprint density at radius 3 is 2.42 bits per heavy atom. The summed E-state index contributed by atoms with van der Waals surface area (Å²) in [6, 6.07) is 8.97. The highest BCUT2D eigenvalue weighted by molar-refractivity contribution is 5.73. The Balaban J connectivity index is 1.49. The number of amides is 1. The Hall–Kier alpha value is -2.51. The number of carbonyl (C=O) groups excluding carboxylic acids is 1. The van der Waals surface area contributed by atoms with E-state index in [9.17, 15) is 18.7 Å². The van der Waals surface area contributed by atoms with Crippen LogP contribution < -0.4 is 15.4 Å². The van der Waals surface area contributed by atoms with Gasteiger partial charge in [-0.25, -0.2) is 8.78 Å². The maximum absolute atomic E-state index is 13.7. The molecule has 4 atom stereocenters. The van der Waals surface area contributed by atoms with Gasteiger partial charge in [0, 0.05) is 37.6 Å². The normalized spacial score (nSPS) is 21.3. The molecule has 0 radical (unpaired) electrons. The van der Waals surface area contributed by atoms with E-state index in [2.05, 4.69) is 49.6 Å². The lowest BCUT2D eigenvalue weighted by molar-refractivity contribution is -0.120. The minimum atomic E-state index is -0.955. The first kappa shape index (κ1) is 26.6. The number of hydrogen-bond donors (Lipinski definition) is 3. The standard InChI is InChI=1S/C29H38F2N2O3/c1-17(34)33-25(12-19-9-21(30)13-22(31)10-19)26(35)16-32-24-14-28(20-6-7-20)36-27-8-5-18(11-23(24)27)15-29(2,3)4/h5,8-11,13,20,24-26,28,32,35H,6-7,12,14-16H2,1-4H3,(H,33,34)/t24-,25-,26+,28+/m0/s1. The summed E-state index contributed by atoms with van der Waals surface area (Å²) in [7, 11) is 0. The van der Waals surface area contributed by atoms with Gasteiger partial charge in [0.1, 0.15) is 23.5 Å². The molecule has 36 heavy (non-hydrogen) atoms. The first-order valence-corrected chi connectivity index (χ1v) is 12.9. The molecule has 0 aromatic heterocycles. The first-order valence-electron chi connectivity index (χ1n) is 12.9. The van der Waals surface area contributed by atoms with E-state index in [1.807, 2.05) is 0 Å². The van der Waals surface area contributed by atoms with Crippen LogP contribution in [0.15, 0.2) is 36.4 Å². The van der Waals surface area contributed by atoms with Gasteiger partial charge in [-0.05, 0) is 66.3 Å². The van der Waals surface area contributed by atoms with Crippen molar-refractivity contribution in [1.82, 2.24) is 10.6 Å². The monoisotopic (exact) mass is 500 g/mol. The molecule has 7 heteroatoms. The zero-order chi connectivity index (χ0) is 26.0. The average Bonchev–Trinajstić information content (AvgIpc) is 3.60. The fourth-order valence-electron chi connectivity index (χ4n) is 5.15. The lowest BCUT2D eigenvalue weighted by atomic mass is 9.85. The number of hydrogen-bond acceptors (Lipinski definition) is 4. The summed E-state index contributed by atoms with van der Waals surface area (Å²) < 4.78 is 33.8. The fourth-order valence-corrected chi connectivity index (χ4v) is 5.15. The number of carbonyl (C=O) groups is 1. The van der Waals surface area contributed by atoms with Crippen molar-refractivity contribution < 1.29 is 23.4 Å². The Bertz CT molecular complexity index is 1060. The van der Waals surface area contributed by atoms with Crippen molar-refractivity contribution in [3.63, 3.8) is 0 Å². The molecule has 1 amide bonds. The predicted octanol–water partition coefficient (Wildman–Crippen LogP) is 4.85. The highest BCUT2D eigenvalue weighted by Gasteiger charge is 2.39. The van der Waals surface area contributed by atoms with Gasteiger partial charge in [-0.15, -0.1) is 0 Å². The molecule has 3 N–H and O–H groups in total. The quantitative estimate of drug-likeness (QED) is 0.460. The van der Waals surface area contributed by atoms with Crippen molar-refractivity contribution in [1.29, 1.82) is 0 Å². The van der Waals surface area contributed by atoms with Crippen molar-refractivity contribution in [2.75, 3.05) is 6.54 Å². The van der Waals surface area contributed by atoms with Gasteiger partial charge in [0.15, 0.2) is 0 Å². The van der Waals surface area contributed by atoms with Crippen molar-refractivity contribution >= 4 is 5.91 Å². The van der Waals surface area contributed by atoms with E-state index < -0.39 is 23.8 Å². The Morgan fingerprint density at radius 2 is 1.81 bits per heavy atom. The number of rotatable bonds is 9. The van der Waals surface area contributed by atoms with E-state index in [4.69, 9.17) is 4.74 Å². The highest BCUT2D eigenvalue weighted by Crippen LogP contribution is 2.44. The molecule has 0 spiro atoms. The van der Waals surface area contributed by atoms with E-state index in [1.54, 1.807) is 0 Å².